The van der Waals surface area contributed by atoms with E-state index in [1.54, 1.807) is 0 Å². The molecule has 0 aliphatic rings. The molecule has 3 N–H and O–H groups in total. The highest BCUT2D eigenvalue weighted by atomic mass is 31.2. The Morgan fingerprint density at radius 1 is 0.608 bits per heavy atom. The molecule has 0 fully saturated rings. The summed E-state index contributed by atoms with van der Waals surface area (Å²) in [6, 6.07) is 0. The summed E-state index contributed by atoms with van der Waals surface area (Å²) >= 11 is 0. The number of hydrogen-bond donors (Lipinski definition) is 2. The Kier molecular flexibility index (Phi) is 35.8. The molecule has 0 amide bonds. The Morgan fingerprint density at radius 2 is 1.08 bits per heavy atom. The third-order valence-electron chi connectivity index (χ3n) is 7.89. The number of esters is 2. The Morgan fingerprint density at radius 3 is 1.65 bits per heavy atom. The predicted molar refractivity (Wildman–Crippen MR) is 210 cm³/mol. The van der Waals surface area contributed by atoms with Gasteiger partial charge < -0.3 is 20.1 Å². The maximum absolute atomic E-state index is 12.5. The molecule has 0 aromatic heterocycles. The lowest BCUT2D eigenvalue weighted by Gasteiger charge is -2.19. The molecule has 0 heterocycles. The topological polar surface area (TPSA) is 134 Å². The Bertz CT molecular complexity index is 1020. The van der Waals surface area contributed by atoms with Crippen molar-refractivity contribution in [2.24, 2.45) is 5.73 Å². The quantitative estimate of drug-likeness (QED) is 0.0279. The first-order valence-corrected chi connectivity index (χ1v) is 21.3. The normalized spacial score (nSPS) is 14.0. The Balaban J connectivity index is 4.30. The third kappa shape index (κ3) is 37.3. The summed E-state index contributed by atoms with van der Waals surface area (Å²) in [5.74, 6) is -0.893. The summed E-state index contributed by atoms with van der Waals surface area (Å²) in [6.07, 6.45) is 42.5. The second kappa shape index (κ2) is 37.5. The van der Waals surface area contributed by atoms with Gasteiger partial charge in [0.1, 0.15) is 6.61 Å². The van der Waals surface area contributed by atoms with Crippen LogP contribution in [0, 0.1) is 0 Å². The van der Waals surface area contributed by atoms with Crippen LogP contribution >= 0.6 is 7.82 Å². The zero-order chi connectivity index (χ0) is 37.5. The molecule has 9 nitrogen and oxygen atoms in total. The van der Waals surface area contributed by atoms with Gasteiger partial charge in [-0.1, -0.05) is 126 Å². The molecule has 0 aliphatic carbocycles. The van der Waals surface area contributed by atoms with Gasteiger partial charge in [0.2, 0.25) is 0 Å². The van der Waals surface area contributed by atoms with Gasteiger partial charge in [0, 0.05) is 19.4 Å². The number of nitrogens with two attached hydrogens (primary N) is 1. The van der Waals surface area contributed by atoms with Crippen molar-refractivity contribution in [3.8, 4) is 0 Å². The van der Waals surface area contributed by atoms with Gasteiger partial charge in [0.25, 0.3) is 0 Å². The molecule has 0 aromatic rings. The molecule has 294 valence electrons. The molecule has 2 atom stereocenters. The average Bonchev–Trinajstić information content (AvgIpc) is 3.11. The van der Waals surface area contributed by atoms with Crippen LogP contribution in [0.3, 0.4) is 0 Å². The van der Waals surface area contributed by atoms with Crippen LogP contribution < -0.4 is 5.73 Å². The highest BCUT2D eigenvalue weighted by Gasteiger charge is 2.25. The van der Waals surface area contributed by atoms with E-state index in [9.17, 15) is 19.0 Å². The average molecular weight is 738 g/mol. The molecule has 0 aliphatic heterocycles. The van der Waals surface area contributed by atoms with E-state index in [-0.39, 0.29) is 32.6 Å². The van der Waals surface area contributed by atoms with E-state index in [1.165, 1.54) is 38.5 Å². The first-order valence-electron chi connectivity index (χ1n) is 19.8. The summed E-state index contributed by atoms with van der Waals surface area (Å²) < 4.78 is 32.6. The number of phosphoric ester groups is 1. The predicted octanol–water partition coefficient (Wildman–Crippen LogP) is 10.9. The standard InChI is InChI=1S/C41H72NO8P/c1-3-5-7-9-11-13-15-17-19-21-23-25-27-29-31-33-40(43)47-37-39(38-49-51(45,46)48-36-35-42)50-41(44)34-32-30-28-26-24-22-20-18-16-14-12-10-8-6-4-2/h5,7,11,13,17-20,24,26,39H,3-4,6,8-10,12,14-16,21-23,25,27-38,42H2,1-2H3,(H,45,46)/b7-5+,13-11+,19-17+,20-18+,26-24+/t39-/m1/s1. The number of phosphoric acid groups is 1. The number of ether oxygens (including phenoxy) is 2. The van der Waals surface area contributed by atoms with Crippen molar-refractivity contribution in [3.63, 3.8) is 0 Å². The summed E-state index contributed by atoms with van der Waals surface area (Å²) in [7, 11) is -4.39. The monoisotopic (exact) mass is 737 g/mol. The second-order valence-electron chi connectivity index (χ2n) is 12.8. The van der Waals surface area contributed by atoms with Gasteiger partial charge in [-0.05, 0) is 77.0 Å². The minimum Gasteiger partial charge on any atom is -0.462 e. The first kappa shape index (κ1) is 48.7. The number of rotatable bonds is 36. The number of carbonyl (C=O) groups is 2. The van der Waals surface area contributed by atoms with Crippen LogP contribution in [-0.2, 0) is 32.7 Å². The fourth-order valence-corrected chi connectivity index (χ4v) is 5.74. The summed E-state index contributed by atoms with van der Waals surface area (Å²) in [5, 5.41) is 0. The number of allylic oxidation sites excluding steroid dienone is 10. The minimum atomic E-state index is -4.39. The first-order chi connectivity index (χ1) is 24.8. The maximum atomic E-state index is 12.5. The van der Waals surface area contributed by atoms with Crippen LogP contribution in [0.2, 0.25) is 0 Å². The van der Waals surface area contributed by atoms with E-state index in [0.717, 1.165) is 77.0 Å². The SMILES string of the molecule is CC/C=C/C/C=C/C/C=C/CCCCCCCC(=O)OC[C@H](COP(=O)(O)OCCN)OC(=O)CCCC/C=C/C/C=C/CCCCCCCC. The van der Waals surface area contributed by atoms with E-state index in [2.05, 4.69) is 74.6 Å². The van der Waals surface area contributed by atoms with Crippen LogP contribution in [0.25, 0.3) is 0 Å². The molecule has 0 spiro atoms. The zero-order valence-corrected chi connectivity index (χ0v) is 33.0. The van der Waals surface area contributed by atoms with E-state index in [1.807, 2.05) is 0 Å². The second-order valence-corrected chi connectivity index (χ2v) is 14.2. The van der Waals surface area contributed by atoms with Crippen molar-refractivity contribution in [2.45, 2.75) is 161 Å². The summed E-state index contributed by atoms with van der Waals surface area (Å²) in [6.45, 7) is 3.53. The van der Waals surface area contributed by atoms with Gasteiger partial charge >= 0.3 is 19.8 Å². The van der Waals surface area contributed by atoms with Gasteiger partial charge in [-0.3, -0.25) is 18.6 Å². The summed E-state index contributed by atoms with van der Waals surface area (Å²) in [5.41, 5.74) is 5.33. The lowest BCUT2D eigenvalue weighted by Crippen LogP contribution is -2.29. The van der Waals surface area contributed by atoms with Crippen molar-refractivity contribution in [3.05, 3.63) is 60.8 Å². The highest BCUT2D eigenvalue weighted by molar-refractivity contribution is 7.47. The molecule has 0 radical (unpaired) electrons. The van der Waals surface area contributed by atoms with Crippen LogP contribution in [0.15, 0.2) is 60.8 Å². The van der Waals surface area contributed by atoms with Crippen molar-refractivity contribution in [1.82, 2.24) is 0 Å². The number of unbranched alkanes of at least 4 members (excludes halogenated alkanes) is 13. The van der Waals surface area contributed by atoms with Gasteiger partial charge in [-0.25, -0.2) is 4.57 Å². The van der Waals surface area contributed by atoms with E-state index >= 15 is 0 Å². The highest BCUT2D eigenvalue weighted by Crippen LogP contribution is 2.43. The molecule has 51 heavy (non-hydrogen) atoms. The zero-order valence-electron chi connectivity index (χ0n) is 32.1. The van der Waals surface area contributed by atoms with Gasteiger partial charge in [0.15, 0.2) is 6.10 Å². The largest absolute Gasteiger partial charge is 0.472 e. The molecule has 0 aromatic carbocycles. The van der Waals surface area contributed by atoms with Crippen molar-refractivity contribution >= 4 is 19.8 Å². The number of hydrogen-bond acceptors (Lipinski definition) is 8. The van der Waals surface area contributed by atoms with Gasteiger partial charge in [0.05, 0.1) is 13.2 Å². The Labute approximate surface area is 310 Å². The smallest absolute Gasteiger partial charge is 0.462 e. The molecule has 0 bridgehead atoms. The van der Waals surface area contributed by atoms with Crippen LogP contribution in [0.4, 0.5) is 0 Å². The van der Waals surface area contributed by atoms with Gasteiger partial charge in [-0.2, -0.15) is 0 Å². The molecule has 0 saturated heterocycles. The lowest BCUT2D eigenvalue weighted by atomic mass is 10.1. The molecule has 10 heteroatoms. The van der Waals surface area contributed by atoms with Crippen molar-refractivity contribution < 1.29 is 37.6 Å². The van der Waals surface area contributed by atoms with E-state index < -0.39 is 32.5 Å². The van der Waals surface area contributed by atoms with E-state index in [4.69, 9.17) is 24.3 Å². The summed E-state index contributed by atoms with van der Waals surface area (Å²) in [4.78, 5) is 34.7. The lowest BCUT2D eigenvalue weighted by molar-refractivity contribution is -0.161. The minimum absolute atomic E-state index is 0.0432. The van der Waals surface area contributed by atoms with Crippen LogP contribution in [0.5, 0.6) is 0 Å². The Hall–Kier alpha value is -2.29. The van der Waals surface area contributed by atoms with Crippen LogP contribution in [0.1, 0.15) is 155 Å². The molecular weight excluding hydrogens is 665 g/mol. The molecule has 1 unspecified atom stereocenters. The fraction of sp³-hybridized carbons (Fsp3) is 0.707. The molecule has 0 saturated carbocycles. The molecule has 0 rings (SSSR count). The van der Waals surface area contributed by atoms with Gasteiger partial charge in [-0.15, -0.1) is 0 Å². The molecular formula is C41H72NO8P. The van der Waals surface area contributed by atoms with Crippen molar-refractivity contribution in [2.75, 3.05) is 26.4 Å². The third-order valence-corrected chi connectivity index (χ3v) is 8.87. The van der Waals surface area contributed by atoms with E-state index in [0.29, 0.717) is 12.8 Å². The fourth-order valence-electron chi connectivity index (χ4n) is 4.97. The maximum Gasteiger partial charge on any atom is 0.472 e. The van der Waals surface area contributed by atoms with Crippen LogP contribution in [-0.4, -0.2) is 49.3 Å². The van der Waals surface area contributed by atoms with Crippen molar-refractivity contribution in [1.29, 1.82) is 0 Å². The number of carbonyl (C=O) groups excluding carboxylic acids is 2.